The van der Waals surface area contributed by atoms with E-state index in [-0.39, 0.29) is 28.3 Å². The van der Waals surface area contributed by atoms with Crippen LogP contribution in [0.2, 0.25) is 0 Å². The van der Waals surface area contributed by atoms with Crippen LogP contribution in [-0.2, 0) is 4.74 Å². The Morgan fingerprint density at radius 2 is 1.76 bits per heavy atom. The molecule has 2 fully saturated rings. The monoisotopic (exact) mass is 611 g/mol. The first-order valence-electron chi connectivity index (χ1n) is 15.5. The van der Waals surface area contributed by atoms with Crippen LogP contribution >= 0.6 is 0 Å². The molecule has 5 aromatic rings. The smallest absolute Gasteiger partial charge is 0.259 e. The summed E-state index contributed by atoms with van der Waals surface area (Å²) in [5.41, 5.74) is 2.08. The van der Waals surface area contributed by atoms with Gasteiger partial charge in [-0.15, -0.1) is 0 Å². The van der Waals surface area contributed by atoms with Gasteiger partial charge in [0.05, 0.1) is 24.3 Å². The summed E-state index contributed by atoms with van der Waals surface area (Å²) in [6.45, 7) is 7.04. The molecule has 5 heterocycles. The van der Waals surface area contributed by atoms with Gasteiger partial charge in [-0.2, -0.15) is 0 Å². The summed E-state index contributed by atoms with van der Waals surface area (Å²) in [5.74, 6) is -0.253. The summed E-state index contributed by atoms with van der Waals surface area (Å²) in [4.78, 5) is 33.8. The van der Waals surface area contributed by atoms with E-state index in [2.05, 4.69) is 15.1 Å². The molecular formula is C34H34FN5O5. The van der Waals surface area contributed by atoms with Crippen LogP contribution in [0, 0.1) is 5.82 Å². The van der Waals surface area contributed by atoms with Gasteiger partial charge in [-0.1, -0.05) is 18.2 Å². The largest absolute Gasteiger partial charge is 0.456 e. The number of nitrogens with one attached hydrogen (secondary N) is 1. The predicted octanol–water partition coefficient (Wildman–Crippen LogP) is 4.66. The van der Waals surface area contributed by atoms with Crippen molar-refractivity contribution in [2.24, 2.45) is 0 Å². The lowest BCUT2D eigenvalue weighted by molar-refractivity contribution is 0.0378. The van der Waals surface area contributed by atoms with Crippen molar-refractivity contribution >= 4 is 44.4 Å². The minimum absolute atomic E-state index is 0.00109. The third-order valence-corrected chi connectivity index (χ3v) is 9.20. The third kappa shape index (κ3) is 4.82. The molecule has 45 heavy (non-hydrogen) atoms. The summed E-state index contributed by atoms with van der Waals surface area (Å²) in [6.07, 6.45) is 2.38. The number of aromatic nitrogens is 1. The molecule has 0 saturated carbocycles. The Hall–Kier alpha value is -4.45. The molecule has 1 N–H and O–H groups in total. The zero-order valence-electron chi connectivity index (χ0n) is 25.1. The summed E-state index contributed by atoms with van der Waals surface area (Å²) in [7, 11) is 2.01. The van der Waals surface area contributed by atoms with Crippen molar-refractivity contribution in [2.75, 3.05) is 77.9 Å². The van der Waals surface area contributed by atoms with E-state index in [1.54, 1.807) is 15.7 Å². The summed E-state index contributed by atoms with van der Waals surface area (Å²) in [5, 5.41) is 5.14. The Bertz CT molecular complexity index is 2020. The zero-order valence-corrected chi connectivity index (χ0v) is 25.1. The van der Waals surface area contributed by atoms with Crippen molar-refractivity contribution in [3.8, 4) is 17.2 Å². The minimum atomic E-state index is -0.602. The number of para-hydroxylation sites is 1. The molecule has 10 nitrogen and oxygen atoms in total. The molecule has 232 valence electrons. The molecule has 3 aromatic carbocycles. The highest BCUT2D eigenvalue weighted by Gasteiger charge is 2.31. The first-order chi connectivity index (χ1) is 22.0. The molecule has 0 aliphatic carbocycles. The van der Waals surface area contributed by atoms with Crippen LogP contribution in [0.25, 0.3) is 38.5 Å². The lowest BCUT2D eigenvalue weighted by Gasteiger charge is -2.32. The number of anilines is 1. The molecule has 11 heteroatoms. The number of benzene rings is 3. The maximum Gasteiger partial charge on any atom is 0.259 e. The lowest BCUT2D eigenvalue weighted by atomic mass is 10.0. The van der Waals surface area contributed by atoms with Crippen molar-refractivity contribution in [2.45, 2.75) is 6.42 Å². The fourth-order valence-corrected chi connectivity index (χ4v) is 6.67. The number of halogens is 1. The van der Waals surface area contributed by atoms with E-state index in [1.807, 2.05) is 43.4 Å². The van der Waals surface area contributed by atoms with Crippen LogP contribution < -0.4 is 15.5 Å². The lowest BCUT2D eigenvalue weighted by Crippen LogP contribution is -2.48. The number of hydrogen-bond acceptors (Lipinski definition) is 8. The van der Waals surface area contributed by atoms with Crippen LogP contribution in [0.4, 0.5) is 10.1 Å². The zero-order chi connectivity index (χ0) is 30.7. The maximum atomic E-state index is 16.0. The van der Waals surface area contributed by atoms with Gasteiger partial charge in [-0.05, 0) is 38.2 Å². The number of fused-ring (bicyclic) bond motifs is 5. The standard InChI is InChI=1S/C34H34FN5O5/c1-37-9-11-39(12-10-37)34(42)24-20-40-26-19-28-22(21-5-2-3-6-27(21)44-28)18-29(26)45-33-30(25(35)17-23(31(33)40)32(24)41)36-7-4-8-38-13-15-43-16-14-38/h2-3,5-6,17-20,36H,4,7-16H2,1H3. The Morgan fingerprint density at radius 1 is 0.956 bits per heavy atom. The summed E-state index contributed by atoms with van der Waals surface area (Å²) < 4.78 is 35.9. The second-order valence-electron chi connectivity index (χ2n) is 12.0. The van der Waals surface area contributed by atoms with Crippen molar-refractivity contribution in [1.29, 1.82) is 0 Å². The average Bonchev–Trinajstić information content (AvgIpc) is 3.42. The fraction of sp³-hybridized carbons (Fsp3) is 0.353. The highest BCUT2D eigenvalue weighted by Crippen LogP contribution is 2.47. The number of pyridine rings is 1. The van der Waals surface area contributed by atoms with Gasteiger partial charge >= 0.3 is 0 Å². The average molecular weight is 612 g/mol. The van der Waals surface area contributed by atoms with Gasteiger partial charge in [-0.3, -0.25) is 14.5 Å². The van der Waals surface area contributed by atoms with Gasteiger partial charge in [0.15, 0.2) is 17.3 Å². The number of hydrogen-bond donors (Lipinski definition) is 1. The first-order valence-corrected chi connectivity index (χ1v) is 15.5. The summed E-state index contributed by atoms with van der Waals surface area (Å²) >= 11 is 0. The Morgan fingerprint density at radius 3 is 2.58 bits per heavy atom. The van der Waals surface area contributed by atoms with Crippen LogP contribution in [0.3, 0.4) is 0 Å². The van der Waals surface area contributed by atoms with E-state index in [1.165, 1.54) is 6.07 Å². The van der Waals surface area contributed by atoms with Crippen molar-refractivity contribution in [3.05, 3.63) is 70.3 Å². The Labute approximate surface area is 258 Å². The molecule has 0 atom stereocenters. The van der Waals surface area contributed by atoms with E-state index in [0.29, 0.717) is 55.3 Å². The van der Waals surface area contributed by atoms with E-state index >= 15 is 4.39 Å². The van der Waals surface area contributed by atoms with Gasteiger partial charge in [0.25, 0.3) is 5.91 Å². The van der Waals surface area contributed by atoms with Gasteiger partial charge in [0.2, 0.25) is 5.43 Å². The Kier molecular flexibility index (Phi) is 6.96. The second-order valence-corrected chi connectivity index (χ2v) is 12.0. The van der Waals surface area contributed by atoms with Crippen LogP contribution in [0.5, 0.6) is 11.5 Å². The molecule has 2 aromatic heterocycles. The predicted molar refractivity (Wildman–Crippen MR) is 171 cm³/mol. The van der Waals surface area contributed by atoms with E-state index < -0.39 is 11.2 Å². The Balaban J connectivity index is 1.25. The highest BCUT2D eigenvalue weighted by atomic mass is 19.1. The molecule has 3 aliphatic rings. The number of ether oxygens (including phenoxy) is 2. The third-order valence-electron chi connectivity index (χ3n) is 9.20. The molecule has 8 rings (SSSR count). The molecule has 1 amide bonds. The van der Waals surface area contributed by atoms with E-state index in [9.17, 15) is 9.59 Å². The van der Waals surface area contributed by atoms with Gasteiger partial charge in [-0.25, -0.2) is 4.39 Å². The van der Waals surface area contributed by atoms with Gasteiger partial charge in [0, 0.05) is 68.8 Å². The number of nitrogens with zero attached hydrogens (tertiary/aromatic N) is 4. The highest BCUT2D eigenvalue weighted by molar-refractivity contribution is 6.07. The van der Waals surface area contributed by atoms with Gasteiger partial charge < -0.3 is 33.6 Å². The number of morpholine rings is 1. The fourth-order valence-electron chi connectivity index (χ4n) is 6.67. The number of carbonyl (C=O) groups excluding carboxylic acids is 1. The molecular weight excluding hydrogens is 577 g/mol. The number of likely N-dealkylation sites (N-methyl/N-ethyl adjacent to an activating group) is 1. The molecule has 0 bridgehead atoms. The maximum absolute atomic E-state index is 16.0. The van der Waals surface area contributed by atoms with Crippen molar-refractivity contribution in [1.82, 2.24) is 19.3 Å². The molecule has 0 spiro atoms. The minimum Gasteiger partial charge on any atom is -0.456 e. The molecule has 2 saturated heterocycles. The molecule has 0 radical (unpaired) electrons. The van der Waals surface area contributed by atoms with E-state index in [0.717, 1.165) is 55.6 Å². The number of piperazine rings is 1. The van der Waals surface area contributed by atoms with Crippen LogP contribution in [0.15, 0.2) is 57.9 Å². The topological polar surface area (TPSA) is 92.4 Å². The molecule has 0 unspecified atom stereocenters. The first kappa shape index (κ1) is 28.1. The van der Waals surface area contributed by atoms with Gasteiger partial charge in [0.1, 0.15) is 27.9 Å². The van der Waals surface area contributed by atoms with Crippen molar-refractivity contribution in [3.63, 3.8) is 0 Å². The number of carbonyl (C=O) groups is 1. The number of amides is 1. The van der Waals surface area contributed by atoms with Crippen molar-refractivity contribution < 1.29 is 23.1 Å². The summed E-state index contributed by atoms with van der Waals surface area (Å²) in [6, 6.07) is 12.7. The number of furan rings is 1. The number of rotatable bonds is 6. The second kappa shape index (κ2) is 11.2. The normalized spacial score (nSPS) is 17.2. The van der Waals surface area contributed by atoms with E-state index in [4.69, 9.17) is 13.9 Å². The molecule has 3 aliphatic heterocycles. The van der Waals surface area contributed by atoms with Crippen LogP contribution in [-0.4, -0.2) is 97.8 Å². The SMILES string of the molecule is CN1CCN(C(=O)c2cn3c4c(c(NCCCN5CCOCC5)c(F)cc4c2=O)Oc2cc4c(cc2-3)oc2ccccc24)CC1. The van der Waals surface area contributed by atoms with Crippen LogP contribution in [0.1, 0.15) is 16.8 Å². The quantitative estimate of drug-likeness (QED) is 0.272.